The number of aromatic nitrogens is 2. The Balaban J connectivity index is 1.54. The lowest BCUT2D eigenvalue weighted by Crippen LogP contribution is -2.29. The van der Waals surface area contributed by atoms with Crippen LogP contribution in [0.15, 0.2) is 75.0 Å². The maximum Gasteiger partial charge on any atom is 0.282 e. The molecule has 3 aromatic carbocycles. The minimum Gasteiger partial charge on any atom is -0.483 e. The van der Waals surface area contributed by atoms with Crippen LogP contribution in [0.4, 0.5) is 5.69 Å². The van der Waals surface area contributed by atoms with E-state index in [1.54, 1.807) is 18.3 Å². The summed E-state index contributed by atoms with van der Waals surface area (Å²) in [4.78, 5) is 30.4. The number of fused-ring (bicyclic) bond motifs is 1. The van der Waals surface area contributed by atoms with Gasteiger partial charge in [0.15, 0.2) is 6.61 Å². The molecule has 7 nitrogen and oxygen atoms in total. The smallest absolute Gasteiger partial charge is 0.282 e. The van der Waals surface area contributed by atoms with E-state index in [1.165, 1.54) is 4.68 Å². The van der Waals surface area contributed by atoms with E-state index in [4.69, 9.17) is 9.72 Å². The molecule has 0 radical (unpaired) electrons. The standard InChI is InChI=1S/C28H26BrIN4O3/c1-17-7-5-6-8-22(17)32-25(35)16-37-24-12-9-18(13-21(24)30)15-31-34-26(36)20-14-19(29)10-11-23(20)33-27(34)28(2,3)4/h5-15H,16H2,1-4H3,(H,32,35). The quantitative estimate of drug-likeness (QED) is 0.193. The number of hydrogen-bond donors (Lipinski definition) is 1. The molecule has 4 aromatic rings. The topological polar surface area (TPSA) is 85.6 Å². The summed E-state index contributed by atoms with van der Waals surface area (Å²) in [5, 5.41) is 7.86. The molecule has 0 bridgehead atoms. The zero-order valence-electron chi connectivity index (χ0n) is 20.9. The largest absolute Gasteiger partial charge is 0.483 e. The van der Waals surface area contributed by atoms with Gasteiger partial charge >= 0.3 is 0 Å². The van der Waals surface area contributed by atoms with Gasteiger partial charge in [0.2, 0.25) is 0 Å². The van der Waals surface area contributed by atoms with E-state index in [1.807, 2.05) is 76.2 Å². The summed E-state index contributed by atoms with van der Waals surface area (Å²) >= 11 is 5.58. The molecule has 1 heterocycles. The number of ether oxygens (including phenoxy) is 1. The first-order valence-electron chi connectivity index (χ1n) is 11.6. The van der Waals surface area contributed by atoms with Crippen LogP contribution >= 0.6 is 38.5 Å². The van der Waals surface area contributed by atoms with Crippen LogP contribution < -0.4 is 15.6 Å². The number of halogens is 2. The number of para-hydroxylation sites is 1. The molecule has 4 rings (SSSR count). The normalized spacial score (nSPS) is 11.7. The second kappa shape index (κ2) is 11.1. The zero-order chi connectivity index (χ0) is 26.7. The second-order valence-corrected chi connectivity index (χ2v) is 11.6. The van der Waals surface area contributed by atoms with Crippen molar-refractivity contribution in [2.45, 2.75) is 33.1 Å². The number of carbonyl (C=O) groups excluding carboxylic acids is 1. The predicted octanol–water partition coefficient (Wildman–Crippen LogP) is 6.27. The summed E-state index contributed by atoms with van der Waals surface area (Å²) in [5.41, 5.74) is 2.52. The first kappa shape index (κ1) is 27.0. The van der Waals surface area contributed by atoms with Crippen molar-refractivity contribution in [3.05, 3.63) is 96.0 Å². The van der Waals surface area contributed by atoms with Gasteiger partial charge in [0.1, 0.15) is 11.6 Å². The van der Waals surface area contributed by atoms with Crippen LogP contribution in [-0.4, -0.2) is 28.4 Å². The Hall–Kier alpha value is -3.05. The molecule has 1 amide bonds. The number of amides is 1. The number of hydrogen-bond acceptors (Lipinski definition) is 5. The fraction of sp³-hybridized carbons (Fsp3) is 0.214. The molecular formula is C28H26BrIN4O3. The molecule has 1 aromatic heterocycles. The number of nitrogens with one attached hydrogen (secondary N) is 1. The van der Waals surface area contributed by atoms with Gasteiger partial charge in [0.25, 0.3) is 11.5 Å². The van der Waals surface area contributed by atoms with E-state index in [0.29, 0.717) is 22.5 Å². The first-order valence-corrected chi connectivity index (χ1v) is 13.4. The third-order valence-corrected chi connectivity index (χ3v) is 6.87. The highest BCUT2D eigenvalue weighted by molar-refractivity contribution is 14.1. The zero-order valence-corrected chi connectivity index (χ0v) is 24.6. The van der Waals surface area contributed by atoms with Gasteiger partial charge in [-0.2, -0.15) is 9.78 Å². The molecule has 0 saturated heterocycles. The summed E-state index contributed by atoms with van der Waals surface area (Å²) < 4.78 is 8.72. The van der Waals surface area contributed by atoms with Crippen molar-refractivity contribution in [3.63, 3.8) is 0 Å². The molecule has 0 aliphatic heterocycles. The monoisotopic (exact) mass is 672 g/mol. The fourth-order valence-electron chi connectivity index (χ4n) is 3.62. The van der Waals surface area contributed by atoms with Gasteiger partial charge in [-0.1, -0.05) is 54.9 Å². The van der Waals surface area contributed by atoms with Crippen molar-refractivity contribution < 1.29 is 9.53 Å². The molecule has 0 aliphatic carbocycles. The molecule has 9 heteroatoms. The van der Waals surface area contributed by atoms with Crippen molar-refractivity contribution in [2.24, 2.45) is 5.10 Å². The van der Waals surface area contributed by atoms with Gasteiger partial charge in [0.05, 0.1) is 20.7 Å². The Morgan fingerprint density at radius 3 is 2.62 bits per heavy atom. The maximum absolute atomic E-state index is 13.3. The van der Waals surface area contributed by atoms with Crippen molar-refractivity contribution in [1.29, 1.82) is 0 Å². The molecule has 0 fully saturated rings. The minimum absolute atomic E-state index is 0.111. The number of benzene rings is 3. The fourth-order valence-corrected chi connectivity index (χ4v) is 4.68. The molecule has 0 unspecified atom stereocenters. The average molecular weight is 673 g/mol. The summed E-state index contributed by atoms with van der Waals surface area (Å²) in [6.45, 7) is 7.81. The lowest BCUT2D eigenvalue weighted by Gasteiger charge is -2.20. The number of anilines is 1. The van der Waals surface area contributed by atoms with Gasteiger partial charge in [-0.3, -0.25) is 9.59 Å². The van der Waals surface area contributed by atoms with Crippen LogP contribution in [0.1, 0.15) is 37.7 Å². The lowest BCUT2D eigenvalue weighted by molar-refractivity contribution is -0.118. The molecule has 0 aliphatic rings. The van der Waals surface area contributed by atoms with Crippen LogP contribution in [-0.2, 0) is 10.2 Å². The first-order chi connectivity index (χ1) is 17.5. The van der Waals surface area contributed by atoms with Crippen LogP contribution in [0.3, 0.4) is 0 Å². The van der Waals surface area contributed by atoms with Crippen molar-refractivity contribution in [1.82, 2.24) is 9.66 Å². The van der Waals surface area contributed by atoms with E-state index >= 15 is 0 Å². The number of carbonyl (C=O) groups is 1. The van der Waals surface area contributed by atoms with Crippen molar-refractivity contribution in [2.75, 3.05) is 11.9 Å². The van der Waals surface area contributed by atoms with Gasteiger partial charge in [0, 0.05) is 15.6 Å². The highest BCUT2D eigenvalue weighted by Gasteiger charge is 2.23. The van der Waals surface area contributed by atoms with E-state index in [0.717, 1.165) is 24.9 Å². The third-order valence-electron chi connectivity index (χ3n) is 5.54. The maximum atomic E-state index is 13.3. The van der Waals surface area contributed by atoms with Crippen molar-refractivity contribution in [3.8, 4) is 5.75 Å². The highest BCUT2D eigenvalue weighted by atomic mass is 127. The Morgan fingerprint density at radius 2 is 1.92 bits per heavy atom. The number of nitrogens with zero attached hydrogens (tertiary/aromatic N) is 3. The minimum atomic E-state index is -0.400. The van der Waals surface area contributed by atoms with Crippen molar-refractivity contribution >= 4 is 67.2 Å². The third kappa shape index (κ3) is 6.45. The molecule has 0 atom stereocenters. The summed E-state index contributed by atoms with van der Waals surface area (Å²) in [6.07, 6.45) is 1.62. The van der Waals surface area contributed by atoms with Crippen LogP contribution in [0, 0.1) is 10.5 Å². The van der Waals surface area contributed by atoms with E-state index in [-0.39, 0.29) is 18.1 Å². The molecule has 0 spiro atoms. The van der Waals surface area contributed by atoms with Gasteiger partial charge in [-0.05, 0) is 83.1 Å². The Morgan fingerprint density at radius 1 is 1.16 bits per heavy atom. The Labute approximate surface area is 237 Å². The Kier molecular flexibility index (Phi) is 8.13. The van der Waals surface area contributed by atoms with Crippen LogP contribution in [0.25, 0.3) is 10.9 Å². The molecule has 1 N–H and O–H groups in total. The number of rotatable bonds is 6. The predicted molar refractivity (Wildman–Crippen MR) is 160 cm³/mol. The van der Waals surface area contributed by atoms with E-state index in [9.17, 15) is 9.59 Å². The van der Waals surface area contributed by atoms with Gasteiger partial charge in [-0.25, -0.2) is 4.98 Å². The van der Waals surface area contributed by atoms with Crippen LogP contribution in [0.2, 0.25) is 0 Å². The molecule has 190 valence electrons. The average Bonchev–Trinajstić information content (AvgIpc) is 2.84. The SMILES string of the molecule is Cc1ccccc1NC(=O)COc1ccc(C=Nn2c(C(C)(C)C)nc3ccc(Br)cc3c2=O)cc1I. The van der Waals surface area contributed by atoms with E-state index < -0.39 is 5.41 Å². The van der Waals surface area contributed by atoms with E-state index in [2.05, 4.69) is 48.9 Å². The molecular weight excluding hydrogens is 647 g/mol. The highest BCUT2D eigenvalue weighted by Crippen LogP contribution is 2.24. The van der Waals surface area contributed by atoms with Gasteiger partial charge < -0.3 is 10.1 Å². The Bertz CT molecular complexity index is 1570. The lowest BCUT2D eigenvalue weighted by atomic mass is 9.95. The molecule has 37 heavy (non-hydrogen) atoms. The molecule has 0 saturated carbocycles. The number of aryl methyl sites for hydroxylation is 1. The second-order valence-electron chi connectivity index (χ2n) is 9.55. The van der Waals surface area contributed by atoms with Gasteiger partial charge in [-0.15, -0.1) is 0 Å². The van der Waals surface area contributed by atoms with Crippen LogP contribution in [0.5, 0.6) is 5.75 Å². The summed E-state index contributed by atoms with van der Waals surface area (Å²) in [6, 6.07) is 18.5. The summed E-state index contributed by atoms with van der Waals surface area (Å²) in [5.74, 6) is 0.917. The summed E-state index contributed by atoms with van der Waals surface area (Å²) in [7, 11) is 0.